The van der Waals surface area contributed by atoms with E-state index in [2.05, 4.69) is 28.2 Å². The van der Waals surface area contributed by atoms with Crippen LogP contribution in [0, 0.1) is 0 Å². The average molecular weight is 330 g/mol. The second-order valence-corrected chi connectivity index (χ2v) is 6.22. The largest absolute Gasteiger partial charge is 0.357 e. The normalized spacial score (nSPS) is 14.3. The number of hydrogen-bond acceptors (Lipinski definition) is 2. The van der Waals surface area contributed by atoms with Crippen LogP contribution < -0.4 is 10.2 Å². The quantitative estimate of drug-likeness (QED) is 0.644. The number of unbranched alkanes of at least 4 members (excludes halogenated alkanes) is 1. The Morgan fingerprint density at radius 3 is 2.88 bits per heavy atom. The van der Waals surface area contributed by atoms with Crippen molar-refractivity contribution in [3.63, 3.8) is 0 Å². The van der Waals surface area contributed by atoms with E-state index < -0.39 is 0 Å². The van der Waals surface area contributed by atoms with Crippen LogP contribution >= 0.6 is 0 Å². The molecule has 0 aromatic heterocycles. The van der Waals surface area contributed by atoms with Gasteiger partial charge in [-0.15, -0.1) is 0 Å². The van der Waals surface area contributed by atoms with E-state index in [0.29, 0.717) is 0 Å². The van der Waals surface area contributed by atoms with E-state index in [1.807, 2.05) is 37.1 Å². The van der Waals surface area contributed by atoms with Crippen molar-refractivity contribution >= 4 is 17.6 Å². The molecule has 132 valence electrons. The van der Waals surface area contributed by atoms with Crippen molar-refractivity contribution in [3.05, 3.63) is 29.8 Å². The standard InChI is InChI=1S/C19H30N4O/c1-4-6-13-22(3)19(20-5-2)21-15-18(24)23-14-9-11-16-10-7-8-12-17(16)23/h7-8,10,12H,4-6,9,11,13-15H2,1-3H3,(H,20,21). The molecule has 0 saturated heterocycles. The van der Waals surface area contributed by atoms with Crippen LogP contribution in [0.15, 0.2) is 29.3 Å². The van der Waals surface area contributed by atoms with Gasteiger partial charge in [0.15, 0.2) is 5.96 Å². The molecule has 0 unspecified atom stereocenters. The van der Waals surface area contributed by atoms with Crippen LogP contribution in [0.2, 0.25) is 0 Å². The second kappa shape index (κ2) is 9.30. The Bertz CT molecular complexity index is 570. The Morgan fingerprint density at radius 2 is 2.12 bits per heavy atom. The summed E-state index contributed by atoms with van der Waals surface area (Å²) in [5, 5.41) is 3.27. The molecular formula is C19H30N4O. The van der Waals surface area contributed by atoms with Crippen molar-refractivity contribution in [3.8, 4) is 0 Å². The van der Waals surface area contributed by atoms with E-state index in [1.54, 1.807) is 0 Å². The molecular weight excluding hydrogens is 300 g/mol. The fourth-order valence-corrected chi connectivity index (χ4v) is 2.99. The monoisotopic (exact) mass is 330 g/mol. The molecule has 1 aromatic carbocycles. The lowest BCUT2D eigenvalue weighted by atomic mass is 10.0. The van der Waals surface area contributed by atoms with Crippen molar-refractivity contribution in [2.24, 2.45) is 4.99 Å². The molecule has 1 aromatic rings. The highest BCUT2D eigenvalue weighted by Gasteiger charge is 2.21. The maximum absolute atomic E-state index is 12.7. The highest BCUT2D eigenvalue weighted by atomic mass is 16.2. The van der Waals surface area contributed by atoms with Crippen LogP contribution in [0.1, 0.15) is 38.7 Å². The van der Waals surface area contributed by atoms with Crippen LogP contribution in [0.25, 0.3) is 0 Å². The number of amides is 1. The van der Waals surface area contributed by atoms with E-state index >= 15 is 0 Å². The topological polar surface area (TPSA) is 47.9 Å². The third-order valence-electron chi connectivity index (χ3n) is 4.32. The fourth-order valence-electron chi connectivity index (χ4n) is 2.99. The molecule has 2 rings (SSSR count). The SMILES string of the molecule is CCCCN(C)C(=NCC(=O)N1CCCc2ccccc21)NCC. The summed E-state index contributed by atoms with van der Waals surface area (Å²) in [6.45, 7) is 6.95. The van der Waals surface area contributed by atoms with Gasteiger partial charge in [-0.05, 0) is 37.8 Å². The molecule has 1 heterocycles. The van der Waals surface area contributed by atoms with Crippen LogP contribution in [-0.2, 0) is 11.2 Å². The van der Waals surface area contributed by atoms with E-state index in [4.69, 9.17) is 0 Å². The smallest absolute Gasteiger partial charge is 0.248 e. The highest BCUT2D eigenvalue weighted by molar-refractivity contribution is 5.97. The van der Waals surface area contributed by atoms with Crippen molar-refractivity contribution in [1.29, 1.82) is 0 Å². The van der Waals surface area contributed by atoms with Gasteiger partial charge in [0, 0.05) is 32.4 Å². The number of hydrogen-bond donors (Lipinski definition) is 1. The molecule has 0 bridgehead atoms. The molecule has 0 atom stereocenters. The van der Waals surface area contributed by atoms with E-state index in [-0.39, 0.29) is 12.5 Å². The first kappa shape index (κ1) is 18.3. The van der Waals surface area contributed by atoms with Crippen LogP contribution in [0.4, 0.5) is 5.69 Å². The lowest BCUT2D eigenvalue weighted by Crippen LogP contribution is -2.41. The zero-order chi connectivity index (χ0) is 17.4. The number of fused-ring (bicyclic) bond motifs is 1. The summed E-state index contributed by atoms with van der Waals surface area (Å²) in [5.41, 5.74) is 2.31. The molecule has 0 spiro atoms. The van der Waals surface area contributed by atoms with Gasteiger partial charge in [0.25, 0.3) is 0 Å². The number of nitrogens with zero attached hydrogens (tertiary/aromatic N) is 3. The maximum atomic E-state index is 12.7. The molecule has 5 nitrogen and oxygen atoms in total. The Kier molecular flexibility index (Phi) is 7.09. The second-order valence-electron chi connectivity index (χ2n) is 6.22. The summed E-state index contributed by atoms with van der Waals surface area (Å²) >= 11 is 0. The number of benzene rings is 1. The zero-order valence-corrected chi connectivity index (χ0v) is 15.2. The summed E-state index contributed by atoms with van der Waals surface area (Å²) in [5.74, 6) is 0.881. The molecule has 1 aliphatic heterocycles. The minimum Gasteiger partial charge on any atom is -0.357 e. The van der Waals surface area contributed by atoms with E-state index in [0.717, 1.165) is 57.0 Å². The molecule has 5 heteroatoms. The zero-order valence-electron chi connectivity index (χ0n) is 15.2. The fraction of sp³-hybridized carbons (Fsp3) is 0.579. The summed E-state index contributed by atoms with van der Waals surface area (Å²) in [4.78, 5) is 21.2. The molecule has 0 radical (unpaired) electrons. The molecule has 1 amide bonds. The van der Waals surface area contributed by atoms with Gasteiger partial charge in [0.2, 0.25) is 5.91 Å². The number of carbonyl (C=O) groups excluding carboxylic acids is 1. The summed E-state index contributed by atoms with van der Waals surface area (Å²) in [7, 11) is 2.03. The predicted octanol–water partition coefficient (Wildman–Crippen LogP) is 2.66. The number of anilines is 1. The lowest BCUT2D eigenvalue weighted by Gasteiger charge is -2.29. The molecule has 1 aliphatic rings. The van der Waals surface area contributed by atoms with Crippen LogP contribution in [0.5, 0.6) is 0 Å². The summed E-state index contributed by atoms with van der Waals surface area (Å²) < 4.78 is 0. The van der Waals surface area contributed by atoms with Crippen molar-refractivity contribution < 1.29 is 4.79 Å². The molecule has 24 heavy (non-hydrogen) atoms. The van der Waals surface area contributed by atoms with Gasteiger partial charge in [0.05, 0.1) is 0 Å². The van der Waals surface area contributed by atoms with E-state index in [9.17, 15) is 4.79 Å². The summed E-state index contributed by atoms with van der Waals surface area (Å²) in [6.07, 6.45) is 4.33. The van der Waals surface area contributed by atoms with E-state index in [1.165, 1.54) is 5.56 Å². The van der Waals surface area contributed by atoms with Gasteiger partial charge in [-0.25, -0.2) is 4.99 Å². The van der Waals surface area contributed by atoms with Gasteiger partial charge in [-0.1, -0.05) is 31.5 Å². The van der Waals surface area contributed by atoms with Gasteiger partial charge in [-0.3, -0.25) is 4.79 Å². The molecule has 0 saturated carbocycles. The Labute approximate surface area is 145 Å². The highest BCUT2D eigenvalue weighted by Crippen LogP contribution is 2.26. The van der Waals surface area contributed by atoms with Gasteiger partial charge >= 0.3 is 0 Å². The molecule has 0 fully saturated rings. The number of guanidine groups is 1. The third-order valence-corrected chi connectivity index (χ3v) is 4.32. The molecule has 1 N–H and O–H groups in total. The number of nitrogens with one attached hydrogen (secondary N) is 1. The Hall–Kier alpha value is -2.04. The first-order valence-corrected chi connectivity index (χ1v) is 9.05. The van der Waals surface area contributed by atoms with Gasteiger partial charge < -0.3 is 15.1 Å². The number of aryl methyl sites for hydroxylation is 1. The van der Waals surface area contributed by atoms with Gasteiger partial charge in [-0.2, -0.15) is 0 Å². The minimum atomic E-state index is 0.0708. The third kappa shape index (κ3) is 4.73. The van der Waals surface area contributed by atoms with Gasteiger partial charge in [0.1, 0.15) is 6.54 Å². The van der Waals surface area contributed by atoms with Crippen LogP contribution in [-0.4, -0.2) is 50.0 Å². The van der Waals surface area contributed by atoms with Crippen molar-refractivity contribution in [2.75, 3.05) is 38.1 Å². The minimum absolute atomic E-state index is 0.0708. The Morgan fingerprint density at radius 1 is 1.33 bits per heavy atom. The maximum Gasteiger partial charge on any atom is 0.248 e. The number of para-hydroxylation sites is 1. The Balaban J connectivity index is 2.05. The van der Waals surface area contributed by atoms with Crippen LogP contribution in [0.3, 0.4) is 0 Å². The lowest BCUT2D eigenvalue weighted by molar-refractivity contribution is -0.117. The average Bonchev–Trinajstić information content (AvgIpc) is 2.62. The number of carbonyl (C=O) groups is 1. The van der Waals surface area contributed by atoms with Crippen molar-refractivity contribution in [2.45, 2.75) is 39.5 Å². The molecule has 0 aliphatic carbocycles. The summed E-state index contributed by atoms with van der Waals surface area (Å²) in [6, 6.07) is 8.18. The number of aliphatic imine (C=N–C) groups is 1. The predicted molar refractivity (Wildman–Crippen MR) is 101 cm³/mol. The first-order chi connectivity index (χ1) is 11.7. The first-order valence-electron chi connectivity index (χ1n) is 9.05. The number of rotatable bonds is 6. The van der Waals surface area contributed by atoms with Crippen molar-refractivity contribution in [1.82, 2.24) is 10.2 Å².